The average Bonchev–Trinajstić information content (AvgIpc) is 3.85. The van der Waals surface area contributed by atoms with Gasteiger partial charge in [0.15, 0.2) is 17.5 Å². The highest BCUT2D eigenvalue weighted by molar-refractivity contribution is 7.25. The molecule has 0 amide bonds. The fraction of sp³-hybridized carbons (Fsp3) is 0. The lowest BCUT2D eigenvalue weighted by molar-refractivity contribution is 0.670. The summed E-state index contributed by atoms with van der Waals surface area (Å²) < 4.78 is 9.31. The number of hydrogen-bond donors (Lipinski definition) is 0. The third kappa shape index (κ3) is 5.65. The van der Waals surface area contributed by atoms with Crippen molar-refractivity contribution >= 4 is 53.4 Å². The summed E-state index contributed by atoms with van der Waals surface area (Å²) in [5.74, 6) is 1.81. The molecule has 0 unspecified atom stereocenters. The van der Waals surface area contributed by atoms with Gasteiger partial charge in [0.25, 0.3) is 0 Å². The van der Waals surface area contributed by atoms with Crippen LogP contribution in [-0.4, -0.2) is 15.0 Å². The molecule has 0 N–H and O–H groups in total. The van der Waals surface area contributed by atoms with Gasteiger partial charge in [-0.3, -0.25) is 0 Å². The van der Waals surface area contributed by atoms with Crippen molar-refractivity contribution in [2.45, 2.75) is 0 Å². The normalized spacial score (nSPS) is 11.6. The Labute approximate surface area is 327 Å². The number of aromatic nitrogens is 3. The van der Waals surface area contributed by atoms with Crippen molar-refractivity contribution in [3.63, 3.8) is 0 Å². The zero-order chi connectivity index (χ0) is 37.0. The Bertz CT molecular complexity index is 3120. The molecule has 0 aliphatic heterocycles. The lowest BCUT2D eigenvalue weighted by atomic mass is 10.0. The predicted octanol–water partition coefficient (Wildman–Crippen LogP) is 14.1. The van der Waals surface area contributed by atoms with Crippen LogP contribution in [0.1, 0.15) is 0 Å². The van der Waals surface area contributed by atoms with E-state index in [0.29, 0.717) is 17.5 Å². The van der Waals surface area contributed by atoms with Crippen molar-refractivity contribution in [2.24, 2.45) is 0 Å². The second kappa shape index (κ2) is 13.3. The second-order valence-electron chi connectivity index (χ2n) is 14.0. The van der Waals surface area contributed by atoms with E-state index < -0.39 is 0 Å². The Hall–Kier alpha value is -7.21. The van der Waals surface area contributed by atoms with Crippen molar-refractivity contribution in [2.75, 3.05) is 0 Å². The Kier molecular flexibility index (Phi) is 7.64. The summed E-state index contributed by atoms with van der Waals surface area (Å²) in [5.41, 5.74) is 11.2. The molecule has 5 heteroatoms. The van der Waals surface area contributed by atoms with E-state index >= 15 is 0 Å². The minimum atomic E-state index is 0.585. The zero-order valence-electron chi connectivity index (χ0n) is 30.1. The first-order valence-corrected chi connectivity index (χ1v) is 19.5. The third-order valence-electron chi connectivity index (χ3n) is 10.6. The average molecular weight is 734 g/mol. The van der Waals surface area contributed by atoms with E-state index in [1.807, 2.05) is 23.5 Å². The van der Waals surface area contributed by atoms with Crippen LogP contribution < -0.4 is 0 Å². The summed E-state index contributed by atoms with van der Waals surface area (Å²) in [5, 5.41) is 4.71. The topological polar surface area (TPSA) is 51.8 Å². The van der Waals surface area contributed by atoms with Gasteiger partial charge in [-0.2, -0.15) is 0 Å². The number of furan rings is 1. The van der Waals surface area contributed by atoms with Crippen molar-refractivity contribution in [3.05, 3.63) is 188 Å². The van der Waals surface area contributed by atoms with E-state index in [1.54, 1.807) is 0 Å². The van der Waals surface area contributed by atoms with Gasteiger partial charge in [0.2, 0.25) is 0 Å². The summed E-state index contributed by atoms with van der Waals surface area (Å²) in [4.78, 5) is 15.2. The predicted molar refractivity (Wildman–Crippen MR) is 233 cm³/mol. The smallest absolute Gasteiger partial charge is 0.164 e. The number of hydrogen-bond acceptors (Lipinski definition) is 5. The quantitative estimate of drug-likeness (QED) is 0.171. The molecule has 4 nitrogen and oxygen atoms in total. The van der Waals surface area contributed by atoms with Crippen molar-refractivity contribution in [1.82, 2.24) is 15.0 Å². The molecule has 0 aliphatic carbocycles. The van der Waals surface area contributed by atoms with Crippen LogP contribution in [0.15, 0.2) is 192 Å². The number of nitrogens with zero attached hydrogens (tertiary/aromatic N) is 3. The maximum absolute atomic E-state index is 6.74. The molecule has 0 atom stereocenters. The highest BCUT2D eigenvalue weighted by Gasteiger charge is 2.17. The highest BCUT2D eigenvalue weighted by Crippen LogP contribution is 2.41. The van der Waals surface area contributed by atoms with Crippen molar-refractivity contribution in [1.29, 1.82) is 0 Å². The van der Waals surface area contributed by atoms with Crippen LogP contribution in [0.5, 0.6) is 0 Å². The van der Waals surface area contributed by atoms with E-state index in [1.165, 1.54) is 20.2 Å². The number of thiophene rings is 1. The van der Waals surface area contributed by atoms with Crippen molar-refractivity contribution < 1.29 is 4.42 Å². The molecule has 0 aliphatic rings. The van der Waals surface area contributed by atoms with Crippen LogP contribution in [0, 0.1) is 0 Å². The molecule has 262 valence electrons. The van der Waals surface area contributed by atoms with Crippen LogP contribution in [0.2, 0.25) is 0 Å². The molecule has 0 bridgehead atoms. The number of rotatable bonds is 6. The number of para-hydroxylation sites is 1. The molecule has 56 heavy (non-hydrogen) atoms. The molecule has 11 rings (SSSR count). The maximum atomic E-state index is 6.74. The van der Waals surface area contributed by atoms with Crippen LogP contribution in [-0.2, 0) is 0 Å². The molecule has 8 aromatic carbocycles. The number of fused-ring (bicyclic) bond motifs is 6. The Balaban J connectivity index is 1.02. The van der Waals surface area contributed by atoms with E-state index in [4.69, 9.17) is 19.4 Å². The van der Waals surface area contributed by atoms with Crippen LogP contribution in [0.3, 0.4) is 0 Å². The molecule has 0 fully saturated rings. The molecule has 0 saturated carbocycles. The maximum Gasteiger partial charge on any atom is 0.164 e. The first kappa shape index (κ1) is 32.2. The van der Waals surface area contributed by atoms with Crippen LogP contribution in [0.25, 0.3) is 110 Å². The van der Waals surface area contributed by atoms with Gasteiger partial charge >= 0.3 is 0 Å². The fourth-order valence-electron chi connectivity index (χ4n) is 7.71. The standard InChI is InChI=1S/C51H31N3OS/c1-3-10-32(11-4-1)34-18-22-36(23-19-34)49-52-50(37-24-20-35(21-25-37)33-12-5-2-6-13-33)54-51(53-49)39-27-28-41-44-16-9-15-40(48(44)55-45(41)30-39)38-26-29-43-42-14-7-8-17-46(42)56-47(43)31-38/h1-31H. The summed E-state index contributed by atoms with van der Waals surface area (Å²) in [7, 11) is 0. The molecular formula is C51H31N3OS. The molecule has 3 heterocycles. The first-order valence-electron chi connectivity index (χ1n) is 18.7. The first-order chi connectivity index (χ1) is 27.7. The summed E-state index contributed by atoms with van der Waals surface area (Å²) >= 11 is 1.83. The Morgan fingerprint density at radius 1 is 0.321 bits per heavy atom. The molecular weight excluding hydrogens is 703 g/mol. The molecule has 0 saturated heterocycles. The van der Waals surface area contributed by atoms with Crippen LogP contribution >= 0.6 is 11.3 Å². The fourth-order valence-corrected chi connectivity index (χ4v) is 8.85. The Morgan fingerprint density at radius 2 is 0.804 bits per heavy atom. The summed E-state index contributed by atoms with van der Waals surface area (Å²) in [6, 6.07) is 65.7. The zero-order valence-corrected chi connectivity index (χ0v) is 30.9. The highest BCUT2D eigenvalue weighted by atomic mass is 32.1. The van der Waals surface area contributed by atoms with Gasteiger partial charge < -0.3 is 4.42 Å². The van der Waals surface area contributed by atoms with Crippen molar-refractivity contribution in [3.8, 4) is 67.5 Å². The minimum Gasteiger partial charge on any atom is -0.455 e. The van der Waals surface area contributed by atoms with E-state index in [9.17, 15) is 0 Å². The lowest BCUT2D eigenvalue weighted by Gasteiger charge is -2.10. The molecule has 0 radical (unpaired) electrons. The van der Waals surface area contributed by atoms with Crippen LogP contribution in [0.4, 0.5) is 0 Å². The molecule has 11 aromatic rings. The van der Waals surface area contributed by atoms with Gasteiger partial charge in [-0.05, 0) is 52.1 Å². The van der Waals surface area contributed by atoms with E-state index in [0.717, 1.165) is 72.0 Å². The van der Waals surface area contributed by atoms with Gasteiger partial charge in [-0.25, -0.2) is 15.0 Å². The van der Waals surface area contributed by atoms with Gasteiger partial charge in [-0.1, -0.05) is 164 Å². The lowest BCUT2D eigenvalue weighted by Crippen LogP contribution is -2.00. The largest absolute Gasteiger partial charge is 0.455 e. The number of benzene rings is 8. The second-order valence-corrected chi connectivity index (χ2v) is 15.1. The Morgan fingerprint density at radius 3 is 1.46 bits per heavy atom. The molecule has 0 spiro atoms. The summed E-state index contributed by atoms with van der Waals surface area (Å²) in [6.45, 7) is 0. The molecule has 3 aromatic heterocycles. The van der Waals surface area contributed by atoms with E-state index in [2.05, 4.69) is 176 Å². The third-order valence-corrected chi connectivity index (χ3v) is 11.7. The van der Waals surface area contributed by atoms with Gasteiger partial charge in [0.1, 0.15) is 11.2 Å². The monoisotopic (exact) mass is 733 g/mol. The van der Waals surface area contributed by atoms with Gasteiger partial charge in [-0.15, -0.1) is 11.3 Å². The minimum absolute atomic E-state index is 0.585. The van der Waals surface area contributed by atoms with Gasteiger partial charge in [0.05, 0.1) is 0 Å². The SMILES string of the molecule is c1ccc(-c2ccc(-c3nc(-c4ccc(-c5ccccc5)cc4)nc(-c4ccc5c(c4)oc4c(-c6ccc7c(c6)sc6ccccc67)cccc45)n3)cc2)cc1. The van der Waals surface area contributed by atoms with E-state index in [-0.39, 0.29) is 0 Å². The van der Waals surface area contributed by atoms with Gasteiger partial charge in [0, 0.05) is 53.2 Å². The summed E-state index contributed by atoms with van der Waals surface area (Å²) in [6.07, 6.45) is 0.